The highest BCUT2D eigenvalue weighted by Crippen LogP contribution is 2.45. The third-order valence-electron chi connectivity index (χ3n) is 14.0. The molecule has 7 rings (SSSR count). The minimum Gasteiger partial charge on any atom is -0.458 e. The summed E-state index contributed by atoms with van der Waals surface area (Å²) in [5.41, 5.74) is -0.757. The van der Waals surface area contributed by atoms with Gasteiger partial charge in [-0.25, -0.2) is 9.78 Å². The molecule has 1 aromatic rings. The number of rotatable bonds is 7. The van der Waals surface area contributed by atoms with Crippen molar-refractivity contribution in [3.63, 3.8) is 0 Å². The molecule has 0 radical (unpaired) electrons. The van der Waals surface area contributed by atoms with E-state index in [1.165, 1.54) is 0 Å². The topological polar surface area (TPSA) is 166 Å². The average molecular weight is 841 g/mol. The van der Waals surface area contributed by atoms with Gasteiger partial charge < -0.3 is 48.2 Å². The molecule has 1 N–H and O–H groups in total. The van der Waals surface area contributed by atoms with Crippen LogP contribution < -0.4 is 4.90 Å². The van der Waals surface area contributed by atoms with Crippen molar-refractivity contribution in [1.82, 2.24) is 14.8 Å². The number of aliphatic imine (C=N–C) groups is 1. The molecule has 15 atom stereocenters. The summed E-state index contributed by atoms with van der Waals surface area (Å²) in [6.45, 7) is 18.2. The number of aliphatic hydroxyl groups excluding tert-OH is 1. The third-order valence-corrected chi connectivity index (χ3v) is 14.0. The van der Waals surface area contributed by atoms with E-state index in [9.17, 15) is 14.7 Å². The van der Waals surface area contributed by atoms with E-state index in [1.54, 1.807) is 18.0 Å². The number of aromatic nitrogens is 1. The Bertz CT molecular complexity index is 1740. The molecule has 6 aliphatic rings. The van der Waals surface area contributed by atoms with Gasteiger partial charge in [0.2, 0.25) is 0 Å². The molecule has 0 saturated carbocycles. The first-order valence-corrected chi connectivity index (χ1v) is 22.1. The molecule has 60 heavy (non-hydrogen) atoms. The third kappa shape index (κ3) is 8.78. The van der Waals surface area contributed by atoms with Gasteiger partial charge >= 0.3 is 12.1 Å². The fourth-order valence-corrected chi connectivity index (χ4v) is 10.9. The zero-order chi connectivity index (χ0) is 43.1. The Morgan fingerprint density at radius 1 is 1.07 bits per heavy atom. The summed E-state index contributed by atoms with van der Waals surface area (Å²) < 4.78 is 40.0. The Kier molecular flexibility index (Phi) is 13.5. The van der Waals surface area contributed by atoms with Crippen LogP contribution in [0.25, 0.3) is 0 Å². The maximum absolute atomic E-state index is 14.6. The number of nitrogens with zero attached hydrogens (tertiary/aromatic N) is 6. The van der Waals surface area contributed by atoms with Gasteiger partial charge in [-0.15, -0.1) is 0 Å². The minimum absolute atomic E-state index is 0.0251. The van der Waals surface area contributed by atoms with E-state index in [0.29, 0.717) is 44.6 Å². The number of carbonyl (C=O) groups is 2. The highest BCUT2D eigenvalue weighted by molar-refractivity contribution is 5.91. The summed E-state index contributed by atoms with van der Waals surface area (Å²) >= 11 is 0. The van der Waals surface area contributed by atoms with Crippen LogP contribution in [-0.4, -0.2) is 163 Å². The summed E-state index contributed by atoms with van der Waals surface area (Å²) in [7, 11) is 3.89. The van der Waals surface area contributed by atoms with Gasteiger partial charge in [0, 0.05) is 49.3 Å². The lowest BCUT2D eigenvalue weighted by Gasteiger charge is -2.48. The average Bonchev–Trinajstić information content (AvgIpc) is 3.74. The molecule has 1 aromatic heterocycles. The fourth-order valence-electron chi connectivity index (χ4n) is 10.9. The number of fused-ring (bicyclic) bond motifs is 4. The van der Waals surface area contributed by atoms with Crippen LogP contribution in [0.1, 0.15) is 81.1 Å². The predicted octanol–water partition coefficient (Wildman–Crippen LogP) is 4.32. The molecule has 334 valence electrons. The number of aliphatic hydroxyl groups is 1. The summed E-state index contributed by atoms with van der Waals surface area (Å²) in [4.78, 5) is 49.9. The van der Waals surface area contributed by atoms with E-state index in [0.717, 1.165) is 24.5 Å². The lowest BCUT2D eigenvalue weighted by molar-refractivity contribution is -0.302. The van der Waals surface area contributed by atoms with Crippen LogP contribution in [0.3, 0.4) is 0 Å². The van der Waals surface area contributed by atoms with Crippen LogP contribution in [0.15, 0.2) is 34.5 Å². The van der Waals surface area contributed by atoms with Crippen LogP contribution >= 0.6 is 0 Å². The van der Waals surface area contributed by atoms with Gasteiger partial charge in [0.05, 0.1) is 62.2 Å². The molecule has 4 bridgehead atoms. The van der Waals surface area contributed by atoms with E-state index < -0.39 is 71.8 Å². The van der Waals surface area contributed by atoms with Crippen LogP contribution in [0.5, 0.6) is 0 Å². The van der Waals surface area contributed by atoms with Gasteiger partial charge in [0.15, 0.2) is 11.9 Å². The van der Waals surface area contributed by atoms with Crippen molar-refractivity contribution in [2.75, 3.05) is 58.4 Å². The SMILES string of the molecule is CC[C@H]1OC(=O)[C@H](C)[C@H]2OC/C(=N\OC3CCN(c4ccccn4)C3)CO[C@](C)(C[C@@H](C)C3=NCCN4C(=O)O[C@@]1(C)[C@H]4[C@H]3C)[C@H](O[C@H]1O[C@@H](C)C[C@@H](N(C)C)[C@@H]1O)[C@H]2C. The van der Waals surface area contributed by atoms with Gasteiger partial charge in [0.1, 0.15) is 29.8 Å². The number of oxime groups is 1. The molecule has 16 nitrogen and oxygen atoms in total. The largest absolute Gasteiger partial charge is 0.458 e. The second kappa shape index (κ2) is 18.1. The Hall–Kier alpha value is -3.41. The molecule has 1 amide bonds. The highest BCUT2D eigenvalue weighted by atomic mass is 16.7. The second-order valence-electron chi connectivity index (χ2n) is 18.7. The molecule has 0 spiro atoms. The zero-order valence-corrected chi connectivity index (χ0v) is 37.2. The molecule has 0 aromatic carbocycles. The number of hydrogen-bond acceptors (Lipinski definition) is 15. The minimum atomic E-state index is -1.13. The van der Waals surface area contributed by atoms with E-state index in [2.05, 4.69) is 28.9 Å². The fraction of sp³-hybridized carbons (Fsp3) is 0.795. The van der Waals surface area contributed by atoms with Crippen LogP contribution in [0, 0.1) is 23.7 Å². The van der Waals surface area contributed by atoms with E-state index >= 15 is 0 Å². The smallest absolute Gasteiger partial charge is 0.410 e. The Labute approximate surface area is 355 Å². The Morgan fingerprint density at radius 2 is 1.85 bits per heavy atom. The monoisotopic (exact) mass is 840 g/mol. The van der Waals surface area contributed by atoms with Gasteiger partial charge in [-0.2, -0.15) is 0 Å². The van der Waals surface area contributed by atoms with Crippen LogP contribution in [0.2, 0.25) is 0 Å². The van der Waals surface area contributed by atoms with Crippen molar-refractivity contribution in [1.29, 1.82) is 0 Å². The summed E-state index contributed by atoms with van der Waals surface area (Å²) in [6, 6.07) is 5.22. The van der Waals surface area contributed by atoms with E-state index in [4.69, 9.17) is 38.3 Å². The normalized spacial score (nSPS) is 42.4. The summed E-state index contributed by atoms with van der Waals surface area (Å²) in [5, 5.41) is 16.5. The van der Waals surface area contributed by atoms with Gasteiger partial charge in [-0.05, 0) is 79.1 Å². The number of pyridine rings is 1. The van der Waals surface area contributed by atoms with Gasteiger partial charge in [0.25, 0.3) is 0 Å². The molecule has 7 heterocycles. The molecule has 16 heteroatoms. The van der Waals surface area contributed by atoms with Crippen molar-refractivity contribution < 1.29 is 48.0 Å². The first kappa shape index (κ1) is 44.6. The van der Waals surface area contributed by atoms with Crippen LogP contribution in [-0.2, 0) is 38.1 Å². The Balaban J connectivity index is 1.28. The van der Waals surface area contributed by atoms with E-state index in [-0.39, 0.29) is 43.3 Å². The standard InChI is InChI=1S/C44H68N6O10/c1-11-33-44(8)38-27(4)35(46-17-19-50(38)42(53)59-44)25(2)21-43(7)39(58-41-36(51)32(48(9)10)20-26(3)56-41)28(5)37(29(6)40(52)57-33)54-23-30(24-55-43)47-60-31-15-18-49(22-31)34-14-12-13-16-45-34/h12-14,16,25-29,31-33,36-39,41,51H,11,15,17-24H2,1-10H3/b47-30+/t25-,26+,27+,28+,29-,31?,32-,33-,36+,37+,38-,39-,41-,43-,44-/m1/s1. The van der Waals surface area contributed by atoms with E-state index in [1.807, 2.05) is 71.8 Å². The highest BCUT2D eigenvalue weighted by Gasteiger charge is 2.60. The molecule has 0 aliphatic carbocycles. The molecular formula is C44H68N6O10. The number of carbonyl (C=O) groups excluding carboxylic acids is 2. The van der Waals surface area contributed by atoms with Crippen molar-refractivity contribution in [2.24, 2.45) is 33.8 Å². The first-order chi connectivity index (χ1) is 28.5. The van der Waals surface area contributed by atoms with Crippen molar-refractivity contribution in [3.8, 4) is 0 Å². The zero-order valence-electron chi connectivity index (χ0n) is 37.2. The molecule has 5 saturated heterocycles. The van der Waals surface area contributed by atoms with Crippen LogP contribution in [0.4, 0.5) is 10.6 Å². The predicted molar refractivity (Wildman–Crippen MR) is 224 cm³/mol. The number of esters is 1. The second-order valence-corrected chi connectivity index (χ2v) is 18.7. The number of anilines is 1. The van der Waals surface area contributed by atoms with Gasteiger partial charge in [-0.1, -0.05) is 38.9 Å². The molecular weight excluding hydrogens is 773 g/mol. The number of cyclic esters (lactones) is 1. The van der Waals surface area contributed by atoms with Crippen molar-refractivity contribution >= 4 is 29.3 Å². The maximum atomic E-state index is 14.6. The maximum Gasteiger partial charge on any atom is 0.410 e. The lowest BCUT2D eigenvalue weighted by Crippen LogP contribution is -2.60. The molecule has 5 fully saturated rings. The Morgan fingerprint density at radius 3 is 2.57 bits per heavy atom. The summed E-state index contributed by atoms with van der Waals surface area (Å²) in [5.74, 6) is -1.31. The number of ether oxygens (including phenoxy) is 6. The lowest BCUT2D eigenvalue weighted by atomic mass is 9.72. The quantitative estimate of drug-likeness (QED) is 0.305. The summed E-state index contributed by atoms with van der Waals surface area (Å²) in [6.07, 6.45) is -0.975. The van der Waals surface area contributed by atoms with Crippen molar-refractivity contribution in [3.05, 3.63) is 24.4 Å². The molecule has 1 unspecified atom stereocenters. The van der Waals surface area contributed by atoms with Crippen molar-refractivity contribution in [2.45, 2.75) is 147 Å². The number of hydrogen-bond donors (Lipinski definition) is 1. The number of amides is 1. The first-order valence-electron chi connectivity index (χ1n) is 22.1. The van der Waals surface area contributed by atoms with Gasteiger partial charge in [-0.3, -0.25) is 14.7 Å². The number of likely N-dealkylation sites (N-methyl/N-ethyl adjacent to an activating group) is 1. The molecule has 6 aliphatic heterocycles.